The molecular weight excluding hydrogens is 212 g/mol. The SMILES string of the molecule is C[C@H]1CCNc2ccc(-c3cnn(C)c3)nc21. The molecule has 4 nitrogen and oxygen atoms in total. The van der Waals surface area contributed by atoms with Crippen LogP contribution >= 0.6 is 0 Å². The first kappa shape index (κ1) is 10.3. The predicted molar refractivity (Wildman–Crippen MR) is 68.0 cm³/mol. The van der Waals surface area contributed by atoms with Crippen LogP contribution in [0.25, 0.3) is 11.3 Å². The molecule has 0 bridgehead atoms. The van der Waals surface area contributed by atoms with Gasteiger partial charge in [-0.3, -0.25) is 9.67 Å². The molecule has 88 valence electrons. The molecule has 0 amide bonds. The fourth-order valence-corrected chi connectivity index (χ4v) is 2.27. The second-order valence-corrected chi connectivity index (χ2v) is 4.65. The minimum Gasteiger partial charge on any atom is -0.384 e. The Bertz CT molecular complexity index is 544. The molecule has 1 aliphatic heterocycles. The summed E-state index contributed by atoms with van der Waals surface area (Å²) in [5.41, 5.74) is 4.44. The molecule has 1 atom stereocenters. The summed E-state index contributed by atoms with van der Waals surface area (Å²) in [6.45, 7) is 3.28. The van der Waals surface area contributed by atoms with Crippen molar-refractivity contribution in [2.24, 2.45) is 7.05 Å². The molecule has 0 saturated carbocycles. The molecule has 0 saturated heterocycles. The van der Waals surface area contributed by atoms with Gasteiger partial charge in [0, 0.05) is 31.3 Å². The number of nitrogens with zero attached hydrogens (tertiary/aromatic N) is 3. The van der Waals surface area contributed by atoms with Crippen molar-refractivity contribution in [3.63, 3.8) is 0 Å². The quantitative estimate of drug-likeness (QED) is 0.815. The fraction of sp³-hybridized carbons (Fsp3) is 0.385. The zero-order chi connectivity index (χ0) is 11.8. The van der Waals surface area contributed by atoms with Gasteiger partial charge in [0.1, 0.15) is 0 Å². The highest BCUT2D eigenvalue weighted by Gasteiger charge is 2.18. The topological polar surface area (TPSA) is 42.7 Å². The molecule has 1 aliphatic rings. The lowest BCUT2D eigenvalue weighted by molar-refractivity contribution is 0.662. The average Bonchev–Trinajstić information content (AvgIpc) is 2.76. The maximum atomic E-state index is 4.76. The molecular formula is C13H16N4. The molecule has 0 radical (unpaired) electrons. The van der Waals surface area contributed by atoms with Gasteiger partial charge in [-0.05, 0) is 18.6 Å². The number of nitrogens with one attached hydrogen (secondary N) is 1. The monoisotopic (exact) mass is 228 g/mol. The second-order valence-electron chi connectivity index (χ2n) is 4.65. The van der Waals surface area contributed by atoms with Crippen LogP contribution in [0.1, 0.15) is 25.0 Å². The van der Waals surface area contributed by atoms with E-state index in [1.807, 2.05) is 19.4 Å². The minimum absolute atomic E-state index is 0.530. The first-order chi connectivity index (χ1) is 8.24. The molecule has 2 aromatic heterocycles. The van der Waals surface area contributed by atoms with Gasteiger partial charge in [0.25, 0.3) is 0 Å². The van der Waals surface area contributed by atoms with E-state index in [1.54, 1.807) is 4.68 Å². The molecule has 1 N–H and O–H groups in total. The van der Waals surface area contributed by atoms with Gasteiger partial charge >= 0.3 is 0 Å². The fourth-order valence-electron chi connectivity index (χ4n) is 2.27. The summed E-state index contributed by atoms with van der Waals surface area (Å²) in [6.07, 6.45) is 5.00. The van der Waals surface area contributed by atoms with E-state index in [4.69, 9.17) is 4.98 Å². The summed E-state index contributed by atoms with van der Waals surface area (Å²) in [4.78, 5) is 4.76. The van der Waals surface area contributed by atoms with Crippen LogP contribution in [0.3, 0.4) is 0 Å². The molecule has 0 fully saturated rings. The Morgan fingerprint density at radius 2 is 2.29 bits per heavy atom. The number of aromatic nitrogens is 3. The van der Waals surface area contributed by atoms with E-state index in [2.05, 4.69) is 29.5 Å². The van der Waals surface area contributed by atoms with E-state index >= 15 is 0 Å². The predicted octanol–water partition coefficient (Wildman–Crippen LogP) is 2.40. The van der Waals surface area contributed by atoms with Gasteiger partial charge in [-0.1, -0.05) is 6.92 Å². The Morgan fingerprint density at radius 1 is 1.41 bits per heavy atom. The van der Waals surface area contributed by atoms with Crippen molar-refractivity contribution in [1.82, 2.24) is 14.8 Å². The first-order valence-electron chi connectivity index (χ1n) is 5.98. The van der Waals surface area contributed by atoms with Crippen LogP contribution in [0.5, 0.6) is 0 Å². The number of anilines is 1. The Hall–Kier alpha value is -1.84. The van der Waals surface area contributed by atoms with Crippen molar-refractivity contribution in [2.45, 2.75) is 19.3 Å². The van der Waals surface area contributed by atoms with Gasteiger partial charge in [0.15, 0.2) is 0 Å². The zero-order valence-electron chi connectivity index (χ0n) is 10.1. The standard InChI is InChI=1S/C13H16N4/c1-9-5-6-14-12-4-3-11(16-13(9)12)10-7-15-17(2)8-10/h3-4,7-9,14H,5-6H2,1-2H3/t9-/m0/s1. The molecule has 0 unspecified atom stereocenters. The van der Waals surface area contributed by atoms with E-state index < -0.39 is 0 Å². The first-order valence-corrected chi connectivity index (χ1v) is 5.98. The third kappa shape index (κ3) is 1.79. The minimum atomic E-state index is 0.530. The van der Waals surface area contributed by atoms with Crippen molar-refractivity contribution >= 4 is 5.69 Å². The number of hydrogen-bond acceptors (Lipinski definition) is 3. The lowest BCUT2D eigenvalue weighted by Crippen LogP contribution is -2.16. The molecule has 3 rings (SSSR count). The summed E-state index contributed by atoms with van der Waals surface area (Å²) in [5, 5.41) is 7.58. The van der Waals surface area contributed by atoms with Gasteiger partial charge in [0.2, 0.25) is 0 Å². The molecule has 0 spiro atoms. The Balaban J connectivity index is 2.05. The largest absolute Gasteiger partial charge is 0.384 e. The number of fused-ring (bicyclic) bond motifs is 1. The number of aryl methyl sites for hydroxylation is 1. The van der Waals surface area contributed by atoms with Crippen LogP contribution in [0.2, 0.25) is 0 Å². The molecule has 17 heavy (non-hydrogen) atoms. The second kappa shape index (κ2) is 3.87. The van der Waals surface area contributed by atoms with Gasteiger partial charge in [-0.15, -0.1) is 0 Å². The number of pyridine rings is 1. The normalized spacial score (nSPS) is 18.6. The maximum absolute atomic E-state index is 4.76. The van der Waals surface area contributed by atoms with Crippen molar-refractivity contribution in [2.75, 3.05) is 11.9 Å². The molecule has 0 aliphatic carbocycles. The van der Waals surface area contributed by atoms with Crippen molar-refractivity contribution in [1.29, 1.82) is 0 Å². The van der Waals surface area contributed by atoms with Crippen molar-refractivity contribution in [3.8, 4) is 11.3 Å². The Morgan fingerprint density at radius 3 is 3.06 bits per heavy atom. The van der Waals surface area contributed by atoms with Crippen LogP contribution in [0.4, 0.5) is 5.69 Å². The van der Waals surface area contributed by atoms with Crippen LogP contribution in [-0.2, 0) is 7.05 Å². The van der Waals surface area contributed by atoms with Crippen LogP contribution in [0, 0.1) is 0 Å². The lowest BCUT2D eigenvalue weighted by atomic mass is 9.97. The van der Waals surface area contributed by atoms with Crippen LogP contribution in [-0.4, -0.2) is 21.3 Å². The smallest absolute Gasteiger partial charge is 0.0738 e. The summed E-state index contributed by atoms with van der Waals surface area (Å²) in [6, 6.07) is 4.18. The molecule has 3 heterocycles. The number of hydrogen-bond donors (Lipinski definition) is 1. The Kier molecular flexibility index (Phi) is 2.35. The van der Waals surface area contributed by atoms with Gasteiger partial charge in [-0.2, -0.15) is 5.10 Å². The lowest BCUT2D eigenvalue weighted by Gasteiger charge is -2.23. The van der Waals surface area contributed by atoms with Crippen LogP contribution in [0.15, 0.2) is 24.5 Å². The van der Waals surface area contributed by atoms with Gasteiger partial charge < -0.3 is 5.32 Å². The molecule has 2 aromatic rings. The summed E-state index contributed by atoms with van der Waals surface area (Å²) in [5.74, 6) is 0.530. The highest BCUT2D eigenvalue weighted by Crippen LogP contribution is 2.31. The van der Waals surface area contributed by atoms with Crippen molar-refractivity contribution in [3.05, 3.63) is 30.2 Å². The van der Waals surface area contributed by atoms with E-state index in [0.717, 1.165) is 24.2 Å². The van der Waals surface area contributed by atoms with Crippen molar-refractivity contribution < 1.29 is 0 Å². The molecule has 4 heteroatoms. The average molecular weight is 228 g/mol. The summed E-state index contributed by atoms with van der Waals surface area (Å²) < 4.78 is 1.80. The van der Waals surface area contributed by atoms with Gasteiger partial charge in [0.05, 0.1) is 23.3 Å². The van der Waals surface area contributed by atoms with Gasteiger partial charge in [-0.25, -0.2) is 0 Å². The van der Waals surface area contributed by atoms with E-state index in [0.29, 0.717) is 5.92 Å². The number of rotatable bonds is 1. The summed E-state index contributed by atoms with van der Waals surface area (Å²) in [7, 11) is 1.92. The van der Waals surface area contributed by atoms with Crippen LogP contribution < -0.4 is 5.32 Å². The molecule has 0 aromatic carbocycles. The van der Waals surface area contributed by atoms with E-state index in [1.165, 1.54) is 11.4 Å². The summed E-state index contributed by atoms with van der Waals surface area (Å²) >= 11 is 0. The van der Waals surface area contributed by atoms with E-state index in [9.17, 15) is 0 Å². The zero-order valence-corrected chi connectivity index (χ0v) is 10.1. The third-order valence-electron chi connectivity index (χ3n) is 3.28. The highest BCUT2D eigenvalue weighted by molar-refractivity contribution is 5.62. The maximum Gasteiger partial charge on any atom is 0.0738 e. The highest BCUT2D eigenvalue weighted by atomic mass is 15.2. The van der Waals surface area contributed by atoms with E-state index in [-0.39, 0.29) is 0 Å². The third-order valence-corrected chi connectivity index (χ3v) is 3.28. The Labute approximate surface area is 101 Å².